The van der Waals surface area contributed by atoms with E-state index in [0.29, 0.717) is 16.5 Å². The van der Waals surface area contributed by atoms with Crippen LogP contribution >= 0.6 is 46.4 Å². The van der Waals surface area contributed by atoms with Crippen LogP contribution in [-0.2, 0) is 0 Å². The zero-order valence-electron chi connectivity index (χ0n) is 4.87. The van der Waals surface area contributed by atoms with Crippen molar-refractivity contribution in [3.8, 4) is 0 Å². The van der Waals surface area contributed by atoms with E-state index in [-0.39, 0.29) is 0 Å². The summed E-state index contributed by atoms with van der Waals surface area (Å²) in [5.41, 5.74) is 0. The van der Waals surface area contributed by atoms with Crippen molar-refractivity contribution in [2.75, 3.05) is 0 Å². The molecule has 0 radical (unpaired) electrons. The van der Waals surface area contributed by atoms with Crippen LogP contribution in [0, 0.1) is 0 Å². The Morgan fingerprint density at radius 3 is 2.30 bits per heavy atom. The first-order valence-corrected chi connectivity index (χ1v) is 4.15. The topological polar surface area (TPSA) is 0 Å². The van der Waals surface area contributed by atoms with Gasteiger partial charge in [0.15, 0.2) is 4.33 Å². The van der Waals surface area contributed by atoms with Crippen molar-refractivity contribution in [3.63, 3.8) is 0 Å². The van der Waals surface area contributed by atoms with Crippen LogP contribution in [0.1, 0.15) is 6.42 Å². The fraction of sp³-hybridized carbons (Fsp3) is 0.333. The van der Waals surface area contributed by atoms with E-state index < -0.39 is 4.33 Å². The molecule has 1 aliphatic rings. The molecule has 0 amide bonds. The molecule has 0 aromatic rings. The van der Waals surface area contributed by atoms with Gasteiger partial charge in [-0.2, -0.15) is 0 Å². The third-order valence-electron chi connectivity index (χ3n) is 1.16. The van der Waals surface area contributed by atoms with Gasteiger partial charge in [-0.1, -0.05) is 52.5 Å². The lowest BCUT2D eigenvalue weighted by Gasteiger charge is -2.18. The predicted octanol–water partition coefficient (Wildman–Crippen LogP) is 3.81. The summed E-state index contributed by atoms with van der Waals surface area (Å²) in [6.07, 6.45) is 4.01. The van der Waals surface area contributed by atoms with E-state index in [1.165, 1.54) is 0 Å². The maximum Gasteiger partial charge on any atom is 0.172 e. The highest BCUT2D eigenvalue weighted by atomic mass is 35.5. The molecule has 4 heteroatoms. The molecule has 0 N–H and O–H groups in total. The normalized spacial score (nSPS) is 23.6. The highest BCUT2D eigenvalue weighted by Crippen LogP contribution is 2.41. The molecule has 0 aromatic carbocycles. The van der Waals surface area contributed by atoms with Crippen molar-refractivity contribution in [3.05, 3.63) is 22.2 Å². The van der Waals surface area contributed by atoms with Crippen LogP contribution in [0.15, 0.2) is 22.2 Å². The molecule has 0 bridgehead atoms. The Labute approximate surface area is 79.4 Å². The maximum atomic E-state index is 5.72. The minimum absolute atomic E-state index is 0.306. The van der Waals surface area contributed by atoms with Crippen molar-refractivity contribution in [2.45, 2.75) is 10.8 Å². The van der Waals surface area contributed by atoms with Crippen molar-refractivity contribution in [1.29, 1.82) is 0 Å². The van der Waals surface area contributed by atoms with Crippen LogP contribution in [-0.4, -0.2) is 4.33 Å². The molecule has 0 saturated carbocycles. The number of hydrogen-bond donors (Lipinski definition) is 0. The van der Waals surface area contributed by atoms with Gasteiger partial charge < -0.3 is 0 Å². The van der Waals surface area contributed by atoms with E-state index in [2.05, 4.69) is 0 Å². The van der Waals surface area contributed by atoms with E-state index >= 15 is 0 Å². The van der Waals surface area contributed by atoms with Crippen LogP contribution < -0.4 is 0 Å². The maximum absolute atomic E-state index is 5.72. The Morgan fingerprint density at radius 2 is 1.90 bits per heavy atom. The molecule has 10 heavy (non-hydrogen) atoms. The van der Waals surface area contributed by atoms with Gasteiger partial charge in [-0.15, -0.1) is 0 Å². The minimum Gasteiger partial charge on any atom is -0.0906 e. The molecule has 0 fully saturated rings. The highest BCUT2D eigenvalue weighted by Gasteiger charge is 2.29. The van der Waals surface area contributed by atoms with Crippen molar-refractivity contribution < 1.29 is 0 Å². The summed E-state index contributed by atoms with van der Waals surface area (Å²) in [5.74, 6) is 0. The fourth-order valence-electron chi connectivity index (χ4n) is 0.654. The first kappa shape index (κ1) is 8.73. The third-order valence-corrected chi connectivity index (χ3v) is 2.94. The SMILES string of the molecule is ClC1=C(Cl)C(Cl)(Cl)C=CC1. The second-order valence-corrected chi connectivity index (χ2v) is 4.17. The Hall–Kier alpha value is 0.640. The van der Waals surface area contributed by atoms with Gasteiger partial charge in [0.25, 0.3) is 0 Å². The van der Waals surface area contributed by atoms with Crippen molar-refractivity contribution in [2.24, 2.45) is 0 Å². The first-order valence-electron chi connectivity index (χ1n) is 2.64. The van der Waals surface area contributed by atoms with Crippen LogP contribution in [0.4, 0.5) is 0 Å². The number of allylic oxidation sites excluding steroid dienone is 4. The molecule has 0 aliphatic heterocycles. The summed E-state index contributed by atoms with van der Waals surface area (Å²) in [6, 6.07) is 0. The summed E-state index contributed by atoms with van der Waals surface area (Å²) in [6.45, 7) is 0. The second kappa shape index (κ2) is 2.94. The molecule has 0 nitrogen and oxygen atoms in total. The number of hydrogen-bond acceptors (Lipinski definition) is 0. The van der Waals surface area contributed by atoms with Crippen LogP contribution in [0.25, 0.3) is 0 Å². The molecule has 0 unspecified atom stereocenters. The summed E-state index contributed by atoms with van der Waals surface area (Å²) in [4.78, 5) is 0. The summed E-state index contributed by atoms with van der Waals surface area (Å²) in [5, 5.41) is 0.814. The van der Waals surface area contributed by atoms with Gasteiger partial charge in [-0.25, -0.2) is 0 Å². The summed E-state index contributed by atoms with van der Waals surface area (Å²) < 4.78 is -1.11. The quantitative estimate of drug-likeness (QED) is 0.428. The molecule has 1 aliphatic carbocycles. The Morgan fingerprint density at radius 1 is 1.30 bits per heavy atom. The van der Waals surface area contributed by atoms with Crippen molar-refractivity contribution >= 4 is 46.4 Å². The number of alkyl halides is 2. The van der Waals surface area contributed by atoms with E-state index in [0.717, 1.165) is 0 Å². The molecular weight excluding hydrogens is 214 g/mol. The van der Waals surface area contributed by atoms with Gasteiger partial charge >= 0.3 is 0 Å². The smallest absolute Gasteiger partial charge is 0.0906 e. The lowest BCUT2D eigenvalue weighted by Crippen LogP contribution is -2.12. The van der Waals surface area contributed by atoms with Gasteiger partial charge in [0, 0.05) is 11.5 Å². The average Bonchev–Trinajstić information content (AvgIpc) is 1.83. The van der Waals surface area contributed by atoms with E-state index in [1.807, 2.05) is 0 Å². The van der Waals surface area contributed by atoms with Crippen LogP contribution in [0.2, 0.25) is 0 Å². The molecule has 0 aromatic heterocycles. The molecule has 0 heterocycles. The highest BCUT2D eigenvalue weighted by molar-refractivity contribution is 6.59. The lowest BCUT2D eigenvalue weighted by molar-refractivity contribution is 1.12. The zero-order chi connectivity index (χ0) is 7.78. The third kappa shape index (κ3) is 1.62. The predicted molar refractivity (Wildman–Crippen MR) is 46.9 cm³/mol. The van der Waals surface area contributed by atoms with E-state index in [9.17, 15) is 0 Å². The lowest BCUT2D eigenvalue weighted by atomic mass is 10.2. The van der Waals surface area contributed by atoms with Gasteiger partial charge in [0.1, 0.15) is 0 Å². The molecule has 0 atom stereocenters. The molecular formula is C6H4Cl4. The number of rotatable bonds is 0. The molecule has 56 valence electrons. The first-order chi connectivity index (χ1) is 4.54. The second-order valence-electron chi connectivity index (χ2n) is 1.95. The standard InChI is InChI=1S/C6H4Cl4/c7-4-2-1-3-6(9,10)5(4)8/h1,3H,2H2. The van der Waals surface area contributed by atoms with E-state index in [4.69, 9.17) is 46.4 Å². The van der Waals surface area contributed by atoms with Gasteiger partial charge in [0.2, 0.25) is 0 Å². The molecule has 0 saturated heterocycles. The van der Waals surface area contributed by atoms with Crippen molar-refractivity contribution in [1.82, 2.24) is 0 Å². The van der Waals surface area contributed by atoms with Gasteiger partial charge in [-0.3, -0.25) is 0 Å². The monoisotopic (exact) mass is 216 g/mol. The Bertz CT molecular complexity index is 202. The average molecular weight is 218 g/mol. The zero-order valence-corrected chi connectivity index (χ0v) is 7.90. The summed E-state index contributed by atoms with van der Waals surface area (Å²) >= 11 is 22.8. The largest absolute Gasteiger partial charge is 0.172 e. The molecule has 1 rings (SSSR count). The Balaban J connectivity index is 2.97. The fourth-order valence-corrected chi connectivity index (χ4v) is 1.54. The van der Waals surface area contributed by atoms with Gasteiger partial charge in [0.05, 0.1) is 5.03 Å². The van der Waals surface area contributed by atoms with Crippen LogP contribution in [0.5, 0.6) is 0 Å². The van der Waals surface area contributed by atoms with Gasteiger partial charge in [-0.05, 0) is 6.08 Å². The molecule has 0 spiro atoms. The van der Waals surface area contributed by atoms with E-state index in [1.54, 1.807) is 12.2 Å². The number of halogens is 4. The van der Waals surface area contributed by atoms with Crippen LogP contribution in [0.3, 0.4) is 0 Å². The Kier molecular flexibility index (Phi) is 2.57. The summed E-state index contributed by atoms with van der Waals surface area (Å²) in [7, 11) is 0. The minimum atomic E-state index is -1.11.